The highest BCUT2D eigenvalue weighted by Gasteiger charge is 2.05. The van der Waals surface area contributed by atoms with E-state index >= 15 is 0 Å². The molecular formula is C21H27NO3S. The zero-order valence-corrected chi connectivity index (χ0v) is 16.3. The van der Waals surface area contributed by atoms with Crippen LogP contribution in [0.15, 0.2) is 41.8 Å². The second-order valence-corrected chi connectivity index (χ2v) is 6.95. The van der Waals surface area contributed by atoms with Crippen molar-refractivity contribution in [1.82, 2.24) is 5.32 Å². The number of thiophene rings is 1. The van der Waals surface area contributed by atoms with Gasteiger partial charge >= 0.3 is 0 Å². The van der Waals surface area contributed by atoms with Gasteiger partial charge in [-0.15, -0.1) is 11.3 Å². The quantitative estimate of drug-likeness (QED) is 0.459. The Hall–Kier alpha value is -2.27. The Morgan fingerprint density at radius 3 is 2.85 bits per heavy atom. The molecule has 2 rings (SSSR count). The predicted molar refractivity (Wildman–Crippen MR) is 108 cm³/mol. The van der Waals surface area contributed by atoms with Crippen molar-refractivity contribution in [1.29, 1.82) is 0 Å². The number of nitrogens with one attached hydrogen (secondary N) is 1. The third-order valence-corrected chi connectivity index (χ3v) is 4.81. The monoisotopic (exact) mass is 373 g/mol. The average molecular weight is 374 g/mol. The molecule has 4 nitrogen and oxygen atoms in total. The van der Waals surface area contributed by atoms with Crippen LogP contribution in [0.5, 0.6) is 11.5 Å². The summed E-state index contributed by atoms with van der Waals surface area (Å²) in [5, 5.41) is 4.95. The molecule has 0 aliphatic carbocycles. The third-order valence-electron chi connectivity index (χ3n) is 3.87. The molecule has 0 aliphatic heterocycles. The number of carbonyl (C=O) groups is 1. The standard InChI is InChI=1S/C21H27NO3S/c1-3-4-5-14-25-20-16-17(8-10-19(20)24-2)9-11-21(23)22-13-12-18-7-6-15-26-18/h6-11,15-16H,3-5,12-14H2,1-2H3,(H,22,23)/b11-9+. The average Bonchev–Trinajstić information content (AvgIpc) is 3.17. The van der Waals surface area contributed by atoms with Crippen LogP contribution >= 0.6 is 11.3 Å². The number of hydrogen-bond acceptors (Lipinski definition) is 4. The molecule has 0 radical (unpaired) electrons. The van der Waals surface area contributed by atoms with Gasteiger partial charge in [-0.25, -0.2) is 0 Å². The lowest BCUT2D eigenvalue weighted by Crippen LogP contribution is -2.23. The van der Waals surface area contributed by atoms with Gasteiger partial charge in [0.2, 0.25) is 5.91 Å². The maximum absolute atomic E-state index is 11.9. The molecule has 0 atom stereocenters. The maximum atomic E-state index is 11.9. The van der Waals surface area contributed by atoms with Gasteiger partial charge in [0.25, 0.3) is 0 Å². The molecule has 0 spiro atoms. The lowest BCUT2D eigenvalue weighted by molar-refractivity contribution is -0.116. The molecule has 1 aromatic carbocycles. The fourth-order valence-electron chi connectivity index (χ4n) is 2.44. The highest BCUT2D eigenvalue weighted by atomic mass is 32.1. The molecule has 5 heteroatoms. The molecule has 1 aromatic heterocycles. The van der Waals surface area contributed by atoms with E-state index in [1.165, 1.54) is 4.88 Å². The molecule has 1 amide bonds. The van der Waals surface area contributed by atoms with Crippen molar-refractivity contribution in [2.45, 2.75) is 32.6 Å². The minimum absolute atomic E-state index is 0.0946. The number of methoxy groups -OCH3 is 1. The first kappa shape index (κ1) is 20.0. The van der Waals surface area contributed by atoms with E-state index < -0.39 is 0 Å². The number of unbranched alkanes of at least 4 members (excludes halogenated alkanes) is 2. The minimum Gasteiger partial charge on any atom is -0.493 e. The zero-order chi connectivity index (χ0) is 18.6. The minimum atomic E-state index is -0.0946. The summed E-state index contributed by atoms with van der Waals surface area (Å²) in [4.78, 5) is 13.2. The number of rotatable bonds is 11. The summed E-state index contributed by atoms with van der Waals surface area (Å²) in [5.74, 6) is 1.32. The van der Waals surface area contributed by atoms with Crippen molar-refractivity contribution < 1.29 is 14.3 Å². The smallest absolute Gasteiger partial charge is 0.244 e. The highest BCUT2D eigenvalue weighted by molar-refractivity contribution is 7.09. The summed E-state index contributed by atoms with van der Waals surface area (Å²) in [7, 11) is 1.63. The largest absolute Gasteiger partial charge is 0.493 e. The van der Waals surface area contributed by atoms with E-state index in [-0.39, 0.29) is 5.91 Å². The van der Waals surface area contributed by atoms with E-state index in [1.54, 1.807) is 30.6 Å². The molecule has 0 unspecified atom stereocenters. The molecule has 0 aliphatic rings. The molecule has 0 fully saturated rings. The van der Waals surface area contributed by atoms with Crippen molar-refractivity contribution in [2.24, 2.45) is 0 Å². The van der Waals surface area contributed by atoms with Gasteiger partial charge < -0.3 is 14.8 Å². The molecule has 140 valence electrons. The summed E-state index contributed by atoms with van der Waals surface area (Å²) in [6.45, 7) is 3.47. The third kappa shape index (κ3) is 6.92. The number of amides is 1. The molecule has 26 heavy (non-hydrogen) atoms. The van der Waals surface area contributed by atoms with Crippen LogP contribution in [0.4, 0.5) is 0 Å². The van der Waals surface area contributed by atoms with Crippen LogP contribution < -0.4 is 14.8 Å². The molecule has 1 heterocycles. The Morgan fingerprint density at radius 2 is 2.12 bits per heavy atom. The maximum Gasteiger partial charge on any atom is 0.244 e. The second-order valence-electron chi connectivity index (χ2n) is 5.92. The summed E-state index contributed by atoms with van der Waals surface area (Å²) >= 11 is 1.70. The van der Waals surface area contributed by atoms with Gasteiger partial charge in [-0.3, -0.25) is 4.79 Å². The molecule has 1 N–H and O–H groups in total. The van der Waals surface area contributed by atoms with Gasteiger partial charge in [-0.2, -0.15) is 0 Å². The summed E-state index contributed by atoms with van der Waals surface area (Å²) < 4.78 is 11.2. The number of ether oxygens (including phenoxy) is 2. The summed E-state index contributed by atoms with van der Waals surface area (Å²) in [5.41, 5.74) is 0.907. The molecule has 0 saturated heterocycles. The van der Waals surface area contributed by atoms with Crippen LogP contribution in [0.1, 0.15) is 36.6 Å². The molecule has 0 bridgehead atoms. The van der Waals surface area contributed by atoms with Crippen LogP contribution in [0.2, 0.25) is 0 Å². The van der Waals surface area contributed by atoms with E-state index in [1.807, 2.05) is 29.6 Å². The van der Waals surface area contributed by atoms with Crippen LogP contribution in [-0.2, 0) is 11.2 Å². The number of benzene rings is 1. The lowest BCUT2D eigenvalue weighted by Gasteiger charge is -2.11. The van der Waals surface area contributed by atoms with E-state index in [0.29, 0.717) is 24.7 Å². The van der Waals surface area contributed by atoms with E-state index in [0.717, 1.165) is 31.2 Å². The lowest BCUT2D eigenvalue weighted by atomic mass is 10.2. The van der Waals surface area contributed by atoms with Gasteiger partial charge in [-0.05, 0) is 48.1 Å². The first-order valence-corrected chi connectivity index (χ1v) is 9.90. The van der Waals surface area contributed by atoms with Gasteiger partial charge in [0.05, 0.1) is 13.7 Å². The van der Waals surface area contributed by atoms with Crippen LogP contribution in [-0.4, -0.2) is 26.2 Å². The van der Waals surface area contributed by atoms with Crippen LogP contribution in [0.25, 0.3) is 6.08 Å². The Bertz CT molecular complexity index is 695. The Kier molecular flexibility index (Phi) is 8.76. The summed E-state index contributed by atoms with van der Waals surface area (Å²) in [6.07, 6.45) is 7.52. The van der Waals surface area contributed by atoms with E-state index in [9.17, 15) is 4.79 Å². The Balaban J connectivity index is 1.86. The van der Waals surface area contributed by atoms with E-state index in [2.05, 4.69) is 18.3 Å². The fraction of sp³-hybridized carbons (Fsp3) is 0.381. The first-order valence-electron chi connectivity index (χ1n) is 9.02. The van der Waals surface area contributed by atoms with Crippen LogP contribution in [0.3, 0.4) is 0 Å². The number of carbonyl (C=O) groups excluding carboxylic acids is 1. The van der Waals surface area contributed by atoms with Crippen molar-refractivity contribution in [3.05, 3.63) is 52.2 Å². The van der Waals surface area contributed by atoms with Gasteiger partial charge in [-0.1, -0.05) is 31.9 Å². The number of hydrogen-bond donors (Lipinski definition) is 1. The summed E-state index contributed by atoms with van der Waals surface area (Å²) in [6, 6.07) is 9.77. The zero-order valence-electron chi connectivity index (χ0n) is 15.5. The van der Waals surface area contributed by atoms with Gasteiger partial charge in [0.1, 0.15) is 0 Å². The molecule has 2 aromatic rings. The highest BCUT2D eigenvalue weighted by Crippen LogP contribution is 2.28. The SMILES string of the molecule is CCCCCOc1cc(/C=C/C(=O)NCCc2cccs2)ccc1OC. The topological polar surface area (TPSA) is 47.6 Å². The molecular weight excluding hydrogens is 346 g/mol. The van der Waals surface area contributed by atoms with Gasteiger partial charge in [0, 0.05) is 17.5 Å². The van der Waals surface area contributed by atoms with Crippen LogP contribution in [0, 0.1) is 0 Å². The van der Waals surface area contributed by atoms with Gasteiger partial charge in [0.15, 0.2) is 11.5 Å². The second kappa shape index (κ2) is 11.4. The predicted octanol–water partition coefficient (Wildman–Crippen LogP) is 4.70. The fourth-order valence-corrected chi connectivity index (χ4v) is 3.15. The van der Waals surface area contributed by atoms with Crippen molar-refractivity contribution in [2.75, 3.05) is 20.3 Å². The Labute approximate surface area is 159 Å². The normalized spacial score (nSPS) is 10.8. The first-order chi connectivity index (χ1) is 12.7. The van der Waals surface area contributed by atoms with Crippen molar-refractivity contribution in [3.63, 3.8) is 0 Å². The Morgan fingerprint density at radius 1 is 1.23 bits per heavy atom. The van der Waals surface area contributed by atoms with Crippen molar-refractivity contribution >= 4 is 23.3 Å². The van der Waals surface area contributed by atoms with Crippen molar-refractivity contribution in [3.8, 4) is 11.5 Å². The molecule has 0 saturated carbocycles. The van der Waals surface area contributed by atoms with E-state index in [4.69, 9.17) is 9.47 Å².